The molecule has 0 saturated carbocycles. The fraction of sp³-hybridized carbons (Fsp3) is 0.786. The predicted molar refractivity (Wildman–Crippen MR) is 78.2 cm³/mol. The minimum atomic E-state index is -0.0839. The third-order valence-electron chi connectivity index (χ3n) is 3.69. The second-order valence-electron chi connectivity index (χ2n) is 6.23. The van der Waals surface area contributed by atoms with Crippen LogP contribution in [0.15, 0.2) is 5.38 Å². The van der Waals surface area contributed by atoms with Gasteiger partial charge in [0.05, 0.1) is 10.7 Å². The molecule has 2 heterocycles. The van der Waals surface area contributed by atoms with Crippen molar-refractivity contribution in [3.8, 4) is 0 Å². The molecule has 1 aromatic heterocycles. The van der Waals surface area contributed by atoms with E-state index in [1.807, 2.05) is 0 Å². The number of nitrogens with two attached hydrogens (primary N) is 1. The number of aromatic nitrogens is 1. The van der Waals surface area contributed by atoms with Gasteiger partial charge in [-0.05, 0) is 53.2 Å². The van der Waals surface area contributed by atoms with Crippen molar-refractivity contribution in [3.05, 3.63) is 16.1 Å². The van der Waals surface area contributed by atoms with Crippen LogP contribution in [0.4, 0.5) is 0 Å². The van der Waals surface area contributed by atoms with E-state index in [4.69, 9.17) is 10.7 Å². The first kappa shape index (κ1) is 14.0. The average molecular weight is 267 g/mol. The fourth-order valence-electron chi connectivity index (χ4n) is 2.36. The summed E-state index contributed by atoms with van der Waals surface area (Å²) in [5.74, 6) is 0.678. The predicted octanol–water partition coefficient (Wildman–Crippen LogP) is 2.62. The van der Waals surface area contributed by atoms with Crippen molar-refractivity contribution in [2.24, 2.45) is 5.73 Å². The van der Waals surface area contributed by atoms with Gasteiger partial charge in [-0.25, -0.2) is 4.98 Å². The third-order valence-corrected chi connectivity index (χ3v) is 4.62. The molecule has 4 heteroatoms. The largest absolute Gasteiger partial charge is 0.326 e. The zero-order valence-electron chi connectivity index (χ0n) is 11.8. The van der Waals surface area contributed by atoms with Crippen LogP contribution in [0.1, 0.15) is 49.7 Å². The number of hydrogen-bond donors (Lipinski definition) is 1. The van der Waals surface area contributed by atoms with Gasteiger partial charge in [-0.2, -0.15) is 0 Å². The molecule has 0 aliphatic carbocycles. The number of thiazole rings is 1. The summed E-state index contributed by atoms with van der Waals surface area (Å²) in [4.78, 5) is 7.21. The summed E-state index contributed by atoms with van der Waals surface area (Å²) in [6.45, 7) is 6.57. The standard InChI is InChI=1S/C14H25N3S/c1-14(2,15)7-4-13-16-12(10-18-13)11-5-8-17(3)9-6-11/h10-11H,4-9,15H2,1-3H3. The Balaban J connectivity index is 1.90. The van der Waals surface area contributed by atoms with E-state index in [0.29, 0.717) is 5.92 Å². The van der Waals surface area contributed by atoms with Gasteiger partial charge in [0.2, 0.25) is 0 Å². The molecule has 0 amide bonds. The molecule has 0 bridgehead atoms. The number of nitrogens with zero attached hydrogens (tertiary/aromatic N) is 2. The quantitative estimate of drug-likeness (QED) is 0.912. The maximum atomic E-state index is 6.02. The molecular formula is C14H25N3S. The monoisotopic (exact) mass is 267 g/mol. The van der Waals surface area contributed by atoms with Crippen LogP contribution >= 0.6 is 11.3 Å². The molecule has 1 aliphatic heterocycles. The van der Waals surface area contributed by atoms with Gasteiger partial charge in [-0.3, -0.25) is 0 Å². The molecule has 1 saturated heterocycles. The molecule has 1 aliphatic rings. The highest BCUT2D eigenvalue weighted by molar-refractivity contribution is 7.09. The van der Waals surface area contributed by atoms with Gasteiger partial charge in [0.15, 0.2) is 0 Å². The molecule has 18 heavy (non-hydrogen) atoms. The highest BCUT2D eigenvalue weighted by atomic mass is 32.1. The highest BCUT2D eigenvalue weighted by Crippen LogP contribution is 2.29. The molecule has 0 unspecified atom stereocenters. The molecule has 0 spiro atoms. The molecule has 1 fully saturated rings. The summed E-state index contributed by atoms with van der Waals surface area (Å²) in [6.07, 6.45) is 4.53. The first-order chi connectivity index (χ1) is 8.44. The molecule has 3 nitrogen and oxygen atoms in total. The number of piperidine rings is 1. The topological polar surface area (TPSA) is 42.1 Å². The van der Waals surface area contributed by atoms with Gasteiger partial charge in [0, 0.05) is 23.3 Å². The van der Waals surface area contributed by atoms with E-state index in [9.17, 15) is 0 Å². The normalized spacial score (nSPS) is 19.3. The van der Waals surface area contributed by atoms with Gasteiger partial charge in [-0.15, -0.1) is 11.3 Å². The molecule has 2 N–H and O–H groups in total. The SMILES string of the molecule is CN1CCC(c2csc(CCC(C)(C)N)n2)CC1. The summed E-state index contributed by atoms with van der Waals surface area (Å²) >= 11 is 1.80. The maximum absolute atomic E-state index is 6.02. The van der Waals surface area contributed by atoms with Crippen molar-refractivity contribution in [2.75, 3.05) is 20.1 Å². The van der Waals surface area contributed by atoms with Gasteiger partial charge >= 0.3 is 0 Å². The van der Waals surface area contributed by atoms with Crippen molar-refractivity contribution >= 4 is 11.3 Å². The number of hydrogen-bond acceptors (Lipinski definition) is 4. The van der Waals surface area contributed by atoms with E-state index in [2.05, 4.69) is 31.2 Å². The van der Waals surface area contributed by atoms with Gasteiger partial charge in [0.1, 0.15) is 0 Å². The van der Waals surface area contributed by atoms with Crippen LogP contribution in [0, 0.1) is 0 Å². The first-order valence-corrected chi connectivity index (χ1v) is 7.74. The second-order valence-corrected chi connectivity index (χ2v) is 7.17. The Morgan fingerprint density at radius 2 is 2.11 bits per heavy atom. The molecule has 102 valence electrons. The summed E-state index contributed by atoms with van der Waals surface area (Å²) < 4.78 is 0. The summed E-state index contributed by atoms with van der Waals surface area (Å²) in [6, 6.07) is 0. The smallest absolute Gasteiger partial charge is 0.0929 e. The van der Waals surface area contributed by atoms with Crippen molar-refractivity contribution in [3.63, 3.8) is 0 Å². The van der Waals surface area contributed by atoms with Gasteiger partial charge in [-0.1, -0.05) is 0 Å². The number of rotatable bonds is 4. The lowest BCUT2D eigenvalue weighted by atomic mass is 9.94. The maximum Gasteiger partial charge on any atom is 0.0929 e. The van der Waals surface area contributed by atoms with Crippen LogP contribution in [0.25, 0.3) is 0 Å². The fourth-order valence-corrected chi connectivity index (χ4v) is 3.24. The van der Waals surface area contributed by atoms with Gasteiger partial charge < -0.3 is 10.6 Å². The van der Waals surface area contributed by atoms with Crippen molar-refractivity contribution in [1.82, 2.24) is 9.88 Å². The second kappa shape index (κ2) is 5.68. The van der Waals surface area contributed by atoms with Crippen LogP contribution in [-0.2, 0) is 6.42 Å². The van der Waals surface area contributed by atoms with Gasteiger partial charge in [0.25, 0.3) is 0 Å². The van der Waals surface area contributed by atoms with E-state index >= 15 is 0 Å². The summed E-state index contributed by atoms with van der Waals surface area (Å²) in [5.41, 5.74) is 7.25. The lowest BCUT2D eigenvalue weighted by molar-refractivity contribution is 0.253. The van der Waals surface area contributed by atoms with E-state index < -0.39 is 0 Å². The zero-order chi connectivity index (χ0) is 13.2. The van der Waals surface area contributed by atoms with E-state index in [-0.39, 0.29) is 5.54 Å². The Hall–Kier alpha value is -0.450. The minimum Gasteiger partial charge on any atom is -0.326 e. The molecule has 1 aromatic rings. The third kappa shape index (κ3) is 4.04. The Labute approximate surface area is 114 Å². The number of likely N-dealkylation sites (tertiary alicyclic amines) is 1. The van der Waals surface area contributed by atoms with Crippen LogP contribution < -0.4 is 5.73 Å². The van der Waals surface area contributed by atoms with E-state index in [1.54, 1.807) is 11.3 Å². The molecule has 0 atom stereocenters. The molecule has 0 aromatic carbocycles. The lowest BCUT2D eigenvalue weighted by Gasteiger charge is -2.27. The van der Waals surface area contributed by atoms with Crippen molar-refractivity contribution in [2.45, 2.75) is 51.0 Å². The summed E-state index contributed by atoms with van der Waals surface area (Å²) in [7, 11) is 2.20. The Bertz CT molecular complexity index is 373. The Morgan fingerprint density at radius 1 is 1.44 bits per heavy atom. The minimum absolute atomic E-state index is 0.0839. The molecule has 0 radical (unpaired) electrons. The molecular weight excluding hydrogens is 242 g/mol. The average Bonchev–Trinajstić information content (AvgIpc) is 2.75. The van der Waals surface area contributed by atoms with Crippen LogP contribution in [0.2, 0.25) is 0 Å². The molecule has 2 rings (SSSR count). The van der Waals surface area contributed by atoms with Crippen LogP contribution in [0.5, 0.6) is 0 Å². The Kier molecular flexibility index (Phi) is 4.41. The lowest BCUT2D eigenvalue weighted by Crippen LogP contribution is -2.32. The van der Waals surface area contributed by atoms with Crippen LogP contribution in [0.3, 0.4) is 0 Å². The first-order valence-electron chi connectivity index (χ1n) is 6.86. The van der Waals surface area contributed by atoms with E-state index in [0.717, 1.165) is 12.8 Å². The Morgan fingerprint density at radius 3 is 2.72 bits per heavy atom. The van der Waals surface area contributed by atoms with E-state index in [1.165, 1.54) is 36.6 Å². The van der Waals surface area contributed by atoms with Crippen LogP contribution in [-0.4, -0.2) is 35.6 Å². The van der Waals surface area contributed by atoms with Crippen molar-refractivity contribution in [1.29, 1.82) is 0 Å². The zero-order valence-corrected chi connectivity index (χ0v) is 12.6. The highest BCUT2D eigenvalue weighted by Gasteiger charge is 2.21. The van der Waals surface area contributed by atoms with Crippen molar-refractivity contribution < 1.29 is 0 Å². The summed E-state index contributed by atoms with van der Waals surface area (Å²) in [5, 5.41) is 3.51. The number of aryl methyl sites for hydroxylation is 1.